The van der Waals surface area contributed by atoms with E-state index >= 15 is 0 Å². The SMILES string of the molecule is C=CCN(c1ccc(C(F)(F)F)cc1)S(=O)(=O)c1ccc(C)c([N+](=O)[O-])c1. The third kappa shape index (κ3) is 4.27. The average molecular weight is 400 g/mol. The minimum absolute atomic E-state index is 0.0221. The fourth-order valence-electron chi connectivity index (χ4n) is 2.35. The molecule has 2 aromatic rings. The summed E-state index contributed by atoms with van der Waals surface area (Å²) in [6.45, 7) is 4.69. The summed E-state index contributed by atoms with van der Waals surface area (Å²) in [4.78, 5) is 10.0. The van der Waals surface area contributed by atoms with Gasteiger partial charge in [-0.15, -0.1) is 6.58 Å². The summed E-state index contributed by atoms with van der Waals surface area (Å²) < 4.78 is 64.8. The van der Waals surface area contributed by atoms with Crippen LogP contribution in [-0.4, -0.2) is 19.9 Å². The molecule has 27 heavy (non-hydrogen) atoms. The van der Waals surface area contributed by atoms with E-state index in [2.05, 4.69) is 6.58 Å². The molecule has 0 amide bonds. The Morgan fingerprint density at radius 1 is 1.19 bits per heavy atom. The van der Waals surface area contributed by atoms with Gasteiger partial charge in [0, 0.05) is 11.6 Å². The number of halogens is 3. The van der Waals surface area contributed by atoms with E-state index in [-0.39, 0.29) is 28.4 Å². The summed E-state index contributed by atoms with van der Waals surface area (Å²) in [5.41, 5.74) is -1.04. The van der Waals surface area contributed by atoms with Gasteiger partial charge in [0.2, 0.25) is 0 Å². The predicted molar refractivity (Wildman–Crippen MR) is 94.0 cm³/mol. The van der Waals surface area contributed by atoms with Crippen molar-refractivity contribution in [3.05, 3.63) is 76.4 Å². The highest BCUT2D eigenvalue weighted by Crippen LogP contribution is 2.32. The maximum absolute atomic E-state index is 12.9. The normalized spacial score (nSPS) is 11.9. The first-order chi connectivity index (χ1) is 12.5. The lowest BCUT2D eigenvalue weighted by atomic mass is 10.2. The van der Waals surface area contributed by atoms with E-state index in [1.807, 2.05) is 0 Å². The number of hydrogen-bond donors (Lipinski definition) is 0. The largest absolute Gasteiger partial charge is 0.416 e. The Morgan fingerprint density at radius 3 is 2.26 bits per heavy atom. The number of nitro groups is 1. The smallest absolute Gasteiger partial charge is 0.263 e. The van der Waals surface area contributed by atoms with Gasteiger partial charge in [0.05, 0.1) is 27.6 Å². The second-order valence-electron chi connectivity index (χ2n) is 5.57. The molecular weight excluding hydrogens is 385 g/mol. The van der Waals surface area contributed by atoms with Crippen LogP contribution in [0, 0.1) is 17.0 Å². The molecular formula is C17H15F3N2O4S. The number of benzene rings is 2. The van der Waals surface area contributed by atoms with Crippen molar-refractivity contribution in [2.24, 2.45) is 0 Å². The topological polar surface area (TPSA) is 80.5 Å². The predicted octanol–water partition coefficient (Wildman–Crippen LogP) is 4.30. The molecule has 144 valence electrons. The van der Waals surface area contributed by atoms with Crippen LogP contribution >= 0.6 is 0 Å². The Kier molecular flexibility index (Phi) is 5.59. The van der Waals surface area contributed by atoms with Crippen LogP contribution in [0.15, 0.2) is 60.0 Å². The van der Waals surface area contributed by atoms with Crippen molar-refractivity contribution in [3.63, 3.8) is 0 Å². The molecule has 10 heteroatoms. The molecule has 0 aliphatic carbocycles. The molecule has 0 spiro atoms. The van der Waals surface area contributed by atoms with Gasteiger partial charge in [-0.1, -0.05) is 12.1 Å². The molecule has 0 unspecified atom stereocenters. The molecule has 0 saturated heterocycles. The van der Waals surface area contributed by atoms with Gasteiger partial charge >= 0.3 is 6.18 Å². The molecule has 0 bridgehead atoms. The molecule has 2 rings (SSSR count). The van der Waals surface area contributed by atoms with Gasteiger partial charge in [-0.05, 0) is 37.3 Å². The molecule has 0 saturated carbocycles. The maximum atomic E-state index is 12.9. The quantitative estimate of drug-likeness (QED) is 0.411. The molecule has 6 nitrogen and oxygen atoms in total. The number of aryl methyl sites for hydroxylation is 1. The first-order valence-electron chi connectivity index (χ1n) is 7.54. The molecule has 0 aliphatic rings. The van der Waals surface area contributed by atoms with Crippen molar-refractivity contribution in [2.45, 2.75) is 18.0 Å². The fraction of sp³-hybridized carbons (Fsp3) is 0.176. The highest BCUT2D eigenvalue weighted by atomic mass is 32.2. The number of nitro benzene ring substituents is 1. The lowest BCUT2D eigenvalue weighted by Gasteiger charge is -2.23. The third-order valence-corrected chi connectivity index (χ3v) is 5.53. The monoisotopic (exact) mass is 400 g/mol. The Labute approximate surface area is 153 Å². The standard InChI is InChI=1S/C17H15F3N2O4S/c1-3-10-21(14-7-5-13(6-8-14)17(18,19)20)27(25,26)15-9-4-12(2)16(11-15)22(23)24/h3-9,11H,1,10H2,2H3. The molecule has 0 atom stereocenters. The van der Waals surface area contributed by atoms with E-state index in [4.69, 9.17) is 0 Å². The Bertz CT molecular complexity index is 971. The number of nitrogens with zero attached hydrogens (tertiary/aromatic N) is 2. The van der Waals surface area contributed by atoms with E-state index < -0.39 is 26.7 Å². The first kappa shape index (κ1) is 20.4. The second-order valence-corrected chi connectivity index (χ2v) is 7.44. The number of rotatable bonds is 6. The van der Waals surface area contributed by atoms with Gasteiger partial charge < -0.3 is 0 Å². The van der Waals surface area contributed by atoms with Gasteiger partial charge in [-0.3, -0.25) is 14.4 Å². The van der Waals surface area contributed by atoms with Crippen molar-refractivity contribution in [3.8, 4) is 0 Å². The van der Waals surface area contributed by atoms with Crippen molar-refractivity contribution >= 4 is 21.4 Å². The van der Waals surface area contributed by atoms with Crippen LogP contribution < -0.4 is 4.31 Å². The lowest BCUT2D eigenvalue weighted by molar-refractivity contribution is -0.385. The van der Waals surface area contributed by atoms with E-state index in [0.29, 0.717) is 0 Å². The van der Waals surface area contributed by atoms with Crippen molar-refractivity contribution < 1.29 is 26.5 Å². The van der Waals surface area contributed by atoms with Gasteiger partial charge in [-0.2, -0.15) is 13.2 Å². The van der Waals surface area contributed by atoms with Crippen LogP contribution in [0.4, 0.5) is 24.5 Å². The molecule has 0 radical (unpaired) electrons. The van der Waals surface area contributed by atoms with Crippen LogP contribution in [0.25, 0.3) is 0 Å². The number of hydrogen-bond acceptors (Lipinski definition) is 4. The summed E-state index contributed by atoms with van der Waals surface area (Å²) in [6, 6.07) is 6.99. The summed E-state index contributed by atoms with van der Waals surface area (Å²) in [5.74, 6) is 0. The number of anilines is 1. The molecule has 0 aromatic heterocycles. The lowest BCUT2D eigenvalue weighted by Crippen LogP contribution is -2.31. The highest BCUT2D eigenvalue weighted by molar-refractivity contribution is 7.92. The van der Waals surface area contributed by atoms with Gasteiger partial charge in [0.15, 0.2) is 0 Å². The summed E-state index contributed by atoms with van der Waals surface area (Å²) in [6.07, 6.45) is -3.30. The van der Waals surface area contributed by atoms with Crippen molar-refractivity contribution in [1.29, 1.82) is 0 Å². The van der Waals surface area contributed by atoms with E-state index in [0.717, 1.165) is 34.6 Å². The zero-order valence-corrected chi connectivity index (χ0v) is 14.9. The summed E-state index contributed by atoms with van der Waals surface area (Å²) in [7, 11) is -4.26. The average Bonchev–Trinajstić information content (AvgIpc) is 2.58. The number of alkyl halides is 3. The zero-order valence-electron chi connectivity index (χ0n) is 14.1. The Balaban J connectivity index is 2.53. The van der Waals surface area contributed by atoms with Gasteiger partial charge in [0.25, 0.3) is 15.7 Å². The van der Waals surface area contributed by atoms with Crippen LogP contribution in [0.5, 0.6) is 0 Å². The first-order valence-corrected chi connectivity index (χ1v) is 8.98. The highest BCUT2D eigenvalue weighted by Gasteiger charge is 2.31. The minimum atomic E-state index is -4.56. The van der Waals surface area contributed by atoms with Crippen LogP contribution in [0.2, 0.25) is 0 Å². The Morgan fingerprint density at radius 2 is 1.78 bits per heavy atom. The summed E-state index contributed by atoms with van der Waals surface area (Å²) >= 11 is 0. The fourth-order valence-corrected chi connectivity index (χ4v) is 3.81. The van der Waals surface area contributed by atoms with Gasteiger partial charge in [0.1, 0.15) is 0 Å². The van der Waals surface area contributed by atoms with Gasteiger partial charge in [-0.25, -0.2) is 8.42 Å². The maximum Gasteiger partial charge on any atom is 0.416 e. The molecule has 0 aliphatic heterocycles. The van der Waals surface area contributed by atoms with E-state index in [1.54, 1.807) is 0 Å². The van der Waals surface area contributed by atoms with E-state index in [1.165, 1.54) is 25.1 Å². The summed E-state index contributed by atoms with van der Waals surface area (Å²) in [5, 5.41) is 11.1. The molecule has 0 heterocycles. The van der Waals surface area contributed by atoms with Crippen LogP contribution in [0.3, 0.4) is 0 Å². The minimum Gasteiger partial charge on any atom is -0.263 e. The molecule has 2 aromatic carbocycles. The molecule has 0 fully saturated rings. The zero-order chi connectivity index (χ0) is 20.4. The van der Waals surface area contributed by atoms with Crippen LogP contribution in [-0.2, 0) is 16.2 Å². The van der Waals surface area contributed by atoms with Crippen molar-refractivity contribution in [2.75, 3.05) is 10.8 Å². The van der Waals surface area contributed by atoms with E-state index in [9.17, 15) is 31.7 Å². The third-order valence-electron chi connectivity index (χ3n) is 3.74. The van der Waals surface area contributed by atoms with Crippen LogP contribution in [0.1, 0.15) is 11.1 Å². The number of sulfonamides is 1. The second kappa shape index (κ2) is 7.39. The Hall–Kier alpha value is -2.88. The molecule has 0 N–H and O–H groups in total. The van der Waals surface area contributed by atoms with Crippen molar-refractivity contribution in [1.82, 2.24) is 0 Å².